The number of hydrogen-bond donors (Lipinski definition) is 2. The number of rotatable bonds is 3. The van der Waals surface area contributed by atoms with Gasteiger partial charge in [0.1, 0.15) is 5.52 Å². The van der Waals surface area contributed by atoms with Crippen LogP contribution < -0.4 is 10.7 Å². The van der Waals surface area contributed by atoms with Gasteiger partial charge >= 0.3 is 5.95 Å². The van der Waals surface area contributed by atoms with Crippen LogP contribution in [0.25, 0.3) is 11.2 Å². The minimum Gasteiger partial charge on any atom is -0.339 e. The van der Waals surface area contributed by atoms with Crippen molar-refractivity contribution in [2.45, 2.75) is 10.8 Å². The highest BCUT2D eigenvalue weighted by Crippen LogP contribution is 2.24. The first-order chi connectivity index (χ1) is 8.83. The van der Waals surface area contributed by atoms with Gasteiger partial charge in [-0.25, -0.2) is 9.97 Å². The molecule has 0 radical (unpaired) electrons. The fraction of sp³-hybridized carbons (Fsp3) is 0.0833. The zero-order chi connectivity index (χ0) is 12.4. The lowest BCUT2D eigenvalue weighted by atomic mass is 10.2. The standard InChI is InChI=1S/C12H11N5S/c13-12-16-10-9(14-7-15-10)11(17-12)18-6-8-4-2-1-3-5-8/h1-5,7H,6H2,(H3,13,14,15,16,17)/p+1. The molecule has 2 aromatic heterocycles. The molecule has 2 heterocycles. The Morgan fingerprint density at radius 1 is 1.28 bits per heavy atom. The minimum atomic E-state index is 0.380. The molecule has 1 aromatic carbocycles. The highest BCUT2D eigenvalue weighted by atomic mass is 32.2. The lowest BCUT2D eigenvalue weighted by molar-refractivity contribution is -0.410. The summed E-state index contributed by atoms with van der Waals surface area (Å²) in [5.41, 5.74) is 8.52. The molecule has 0 saturated heterocycles. The van der Waals surface area contributed by atoms with Gasteiger partial charge in [-0.1, -0.05) is 42.1 Å². The third kappa shape index (κ3) is 2.14. The molecular formula is C12H12N5S+. The number of H-pyrrole nitrogens is 2. The minimum absolute atomic E-state index is 0.380. The van der Waals surface area contributed by atoms with E-state index in [1.165, 1.54) is 5.56 Å². The van der Waals surface area contributed by atoms with E-state index in [9.17, 15) is 0 Å². The molecular weight excluding hydrogens is 246 g/mol. The quantitative estimate of drug-likeness (QED) is 0.553. The van der Waals surface area contributed by atoms with Crippen molar-refractivity contribution in [3.05, 3.63) is 42.2 Å². The van der Waals surface area contributed by atoms with Gasteiger partial charge in [-0.3, -0.25) is 5.73 Å². The normalized spacial score (nSPS) is 10.9. The third-order valence-electron chi connectivity index (χ3n) is 2.54. The van der Waals surface area contributed by atoms with Crippen molar-refractivity contribution in [3.63, 3.8) is 0 Å². The van der Waals surface area contributed by atoms with E-state index in [1.807, 2.05) is 18.2 Å². The average Bonchev–Trinajstić information content (AvgIpc) is 2.85. The predicted octanol–water partition coefficient (Wildman–Crippen LogP) is 1.65. The Hall–Kier alpha value is -2.08. The van der Waals surface area contributed by atoms with Gasteiger partial charge in [0.15, 0.2) is 5.03 Å². The number of nitrogens with one attached hydrogen (secondary N) is 2. The fourth-order valence-corrected chi connectivity index (χ4v) is 2.67. The molecule has 0 bridgehead atoms. The van der Waals surface area contributed by atoms with Crippen LogP contribution in [0.5, 0.6) is 0 Å². The molecule has 0 fully saturated rings. The van der Waals surface area contributed by atoms with Crippen molar-refractivity contribution in [1.82, 2.24) is 15.0 Å². The van der Waals surface area contributed by atoms with Crippen LogP contribution in [0.1, 0.15) is 5.56 Å². The van der Waals surface area contributed by atoms with Crippen LogP contribution in [0, 0.1) is 0 Å². The summed E-state index contributed by atoms with van der Waals surface area (Å²) in [7, 11) is 0. The molecule has 3 rings (SSSR count). The predicted molar refractivity (Wildman–Crippen MR) is 70.9 cm³/mol. The monoisotopic (exact) mass is 258 g/mol. The van der Waals surface area contributed by atoms with E-state index in [2.05, 4.69) is 32.1 Å². The summed E-state index contributed by atoms with van der Waals surface area (Å²) in [6.45, 7) is 0. The van der Waals surface area contributed by atoms with E-state index >= 15 is 0 Å². The Labute approximate surface area is 108 Å². The number of fused-ring (bicyclic) bond motifs is 1. The first kappa shape index (κ1) is 11.0. The molecule has 0 atom stereocenters. The number of nitrogens with zero attached hydrogens (tertiary/aromatic N) is 2. The lowest BCUT2D eigenvalue weighted by Crippen LogP contribution is -2.15. The largest absolute Gasteiger partial charge is 0.390 e. The molecule has 6 heteroatoms. The zero-order valence-electron chi connectivity index (χ0n) is 9.55. The highest BCUT2D eigenvalue weighted by Gasteiger charge is 2.13. The van der Waals surface area contributed by atoms with E-state index < -0.39 is 0 Å². The summed E-state index contributed by atoms with van der Waals surface area (Å²) < 4.78 is 0. The maximum absolute atomic E-state index is 5.72. The molecule has 0 aliphatic heterocycles. The Balaban J connectivity index is 1.88. The summed E-state index contributed by atoms with van der Waals surface area (Å²) in [6, 6.07) is 10.3. The van der Waals surface area contributed by atoms with Gasteiger partial charge in [-0.15, -0.1) is 0 Å². The first-order valence-electron chi connectivity index (χ1n) is 5.51. The molecule has 0 saturated carbocycles. The van der Waals surface area contributed by atoms with Gasteiger partial charge in [0.05, 0.1) is 6.33 Å². The van der Waals surface area contributed by atoms with Gasteiger partial charge in [-0.05, 0) is 10.5 Å². The number of aromatic amines is 2. The van der Waals surface area contributed by atoms with E-state index in [-0.39, 0.29) is 0 Å². The molecule has 5 nitrogen and oxygen atoms in total. The number of nitrogen functional groups attached to an aromatic ring is 1. The number of imidazole rings is 1. The van der Waals surface area contributed by atoms with Crippen molar-refractivity contribution in [2.75, 3.05) is 5.73 Å². The summed E-state index contributed by atoms with van der Waals surface area (Å²) in [6.07, 6.45) is 1.62. The molecule has 90 valence electrons. The second kappa shape index (κ2) is 4.66. The van der Waals surface area contributed by atoms with Gasteiger partial charge < -0.3 is 4.98 Å². The SMILES string of the molecule is Nc1nc2nc[nH]c2c(SCc2ccccc2)[nH+]1. The van der Waals surface area contributed by atoms with Crippen LogP contribution in [0.15, 0.2) is 41.7 Å². The molecule has 0 aliphatic rings. The van der Waals surface area contributed by atoms with Crippen molar-refractivity contribution in [1.29, 1.82) is 0 Å². The number of thioether (sulfide) groups is 1. The summed E-state index contributed by atoms with van der Waals surface area (Å²) in [4.78, 5) is 14.4. The summed E-state index contributed by atoms with van der Waals surface area (Å²) in [5, 5.41) is 0.957. The number of aromatic nitrogens is 4. The van der Waals surface area contributed by atoms with Gasteiger partial charge in [0, 0.05) is 5.75 Å². The van der Waals surface area contributed by atoms with E-state index in [1.54, 1.807) is 18.1 Å². The van der Waals surface area contributed by atoms with Crippen LogP contribution >= 0.6 is 11.8 Å². The Morgan fingerprint density at radius 2 is 2.11 bits per heavy atom. The number of hydrogen-bond acceptors (Lipinski definition) is 4. The van der Waals surface area contributed by atoms with Crippen molar-refractivity contribution in [2.24, 2.45) is 0 Å². The molecule has 3 aromatic rings. The maximum atomic E-state index is 5.72. The van der Waals surface area contributed by atoms with Crippen molar-refractivity contribution >= 4 is 28.9 Å². The Bertz CT molecular complexity index is 665. The molecule has 0 amide bonds. The molecule has 0 spiro atoms. The molecule has 0 unspecified atom stereocenters. The number of benzene rings is 1. The van der Waals surface area contributed by atoms with E-state index in [0.717, 1.165) is 16.3 Å². The second-order valence-electron chi connectivity index (χ2n) is 3.83. The van der Waals surface area contributed by atoms with Crippen LogP contribution in [-0.4, -0.2) is 15.0 Å². The van der Waals surface area contributed by atoms with Crippen molar-refractivity contribution in [3.8, 4) is 0 Å². The van der Waals surface area contributed by atoms with Gasteiger partial charge in [0.25, 0.3) is 5.65 Å². The van der Waals surface area contributed by atoms with E-state index in [0.29, 0.717) is 11.6 Å². The topological polar surface area (TPSA) is 81.7 Å². The van der Waals surface area contributed by atoms with Gasteiger partial charge in [-0.2, -0.15) is 0 Å². The third-order valence-corrected chi connectivity index (χ3v) is 3.61. The van der Waals surface area contributed by atoms with E-state index in [4.69, 9.17) is 5.73 Å². The number of nitrogens with two attached hydrogens (primary N) is 1. The number of anilines is 1. The Morgan fingerprint density at radius 3 is 2.94 bits per heavy atom. The fourth-order valence-electron chi connectivity index (χ4n) is 1.70. The van der Waals surface area contributed by atoms with Gasteiger partial charge in [0.2, 0.25) is 0 Å². The zero-order valence-corrected chi connectivity index (χ0v) is 10.4. The molecule has 18 heavy (non-hydrogen) atoms. The molecule has 4 N–H and O–H groups in total. The maximum Gasteiger partial charge on any atom is 0.390 e. The Kier molecular flexibility index (Phi) is 2.85. The van der Waals surface area contributed by atoms with Crippen LogP contribution in [0.2, 0.25) is 0 Å². The molecule has 0 aliphatic carbocycles. The average molecular weight is 258 g/mol. The van der Waals surface area contributed by atoms with Crippen LogP contribution in [0.4, 0.5) is 5.95 Å². The first-order valence-corrected chi connectivity index (χ1v) is 6.50. The van der Waals surface area contributed by atoms with Crippen LogP contribution in [-0.2, 0) is 5.75 Å². The highest BCUT2D eigenvalue weighted by molar-refractivity contribution is 7.98. The smallest absolute Gasteiger partial charge is 0.339 e. The van der Waals surface area contributed by atoms with Crippen molar-refractivity contribution < 1.29 is 4.98 Å². The summed E-state index contributed by atoms with van der Waals surface area (Å²) >= 11 is 1.67. The summed E-state index contributed by atoms with van der Waals surface area (Å²) in [5.74, 6) is 1.25. The lowest BCUT2D eigenvalue weighted by Gasteiger charge is -2.00. The van der Waals surface area contributed by atoms with Crippen LogP contribution in [0.3, 0.4) is 0 Å². The second-order valence-corrected chi connectivity index (χ2v) is 4.81.